The topological polar surface area (TPSA) is 47.6 Å². The van der Waals surface area contributed by atoms with Crippen molar-refractivity contribution in [2.24, 2.45) is 0 Å². The van der Waals surface area contributed by atoms with Gasteiger partial charge in [-0.25, -0.2) is 9.63 Å². The molecule has 1 unspecified atom stereocenters. The Kier molecular flexibility index (Phi) is 6.43. The fraction of sp³-hybridized carbons (Fsp3) is 0.250. The first kappa shape index (κ1) is 22.9. The second-order valence-corrected chi connectivity index (χ2v) is 8.15. The first-order valence-electron chi connectivity index (χ1n) is 8.67. The van der Waals surface area contributed by atoms with Crippen molar-refractivity contribution in [3.63, 3.8) is 0 Å². The smallest absolute Gasteiger partial charge is 0.429 e. The molecule has 1 N–H and O–H groups in total. The molecule has 0 saturated carbocycles. The molecule has 1 aliphatic rings. The predicted octanol–water partition coefficient (Wildman–Crippen LogP) is 6.53. The largest absolute Gasteiger partial charge is 0.462 e. The van der Waals surface area contributed by atoms with Gasteiger partial charge in [0.2, 0.25) is 5.60 Å². The lowest BCUT2D eigenvalue weighted by molar-refractivity contribution is -0.270. The normalized spacial score (nSPS) is 19.1. The lowest BCUT2D eigenvalue weighted by atomic mass is 9.91. The average molecular weight is 525 g/mol. The molecule has 0 amide bonds. The summed E-state index contributed by atoms with van der Waals surface area (Å²) in [6.45, 7) is 3.55. The number of rotatable bonds is 4. The van der Waals surface area contributed by atoms with Gasteiger partial charge in [0, 0.05) is 21.2 Å². The van der Waals surface area contributed by atoms with E-state index in [9.17, 15) is 18.0 Å². The van der Waals surface area contributed by atoms with E-state index >= 15 is 0 Å². The van der Waals surface area contributed by atoms with Crippen molar-refractivity contribution in [2.45, 2.75) is 25.6 Å². The number of hydrogen-bond donors (Lipinski definition) is 1. The minimum atomic E-state index is -4.85. The van der Waals surface area contributed by atoms with E-state index in [0.29, 0.717) is 16.7 Å². The monoisotopic (exact) mass is 523 g/mol. The molecule has 0 bridgehead atoms. The number of hydrogen-bond acceptors (Lipinski definition) is 4. The molecule has 1 aliphatic heterocycles. The Hall–Kier alpha value is -1.74. The second-order valence-electron chi connectivity index (χ2n) is 6.48. The molecule has 1 heterocycles. The fourth-order valence-electron chi connectivity index (χ4n) is 3.12. The molecular formula is C20H15BrCl2F3NO3. The Balaban J connectivity index is 2.14. The third kappa shape index (κ3) is 3.93. The maximum atomic E-state index is 14.3. The van der Waals surface area contributed by atoms with Gasteiger partial charge in [0.25, 0.3) is 0 Å². The van der Waals surface area contributed by atoms with Crippen LogP contribution in [0.1, 0.15) is 34.0 Å². The molecule has 0 aliphatic carbocycles. The molecular weight excluding hydrogens is 510 g/mol. The molecule has 0 aromatic heterocycles. The standard InChI is InChI=1S/C20H15BrCl2F3NO3/c1-3-29-18(28)15-5-4-11(6-10(15)2)16-17(21)19(30-27-16,20(24,25)26)12-7-13(22)9-14(23)8-12/h4-9,27H,3H2,1-2H3. The Morgan fingerprint density at radius 1 is 1.20 bits per heavy atom. The molecule has 2 aromatic rings. The quantitative estimate of drug-likeness (QED) is 0.462. The zero-order valence-corrected chi connectivity index (χ0v) is 18.8. The second kappa shape index (κ2) is 8.42. The highest BCUT2D eigenvalue weighted by molar-refractivity contribution is 9.12. The Bertz CT molecular complexity index is 1020. The van der Waals surface area contributed by atoms with E-state index in [-0.39, 0.29) is 32.4 Å². The van der Waals surface area contributed by atoms with E-state index in [4.69, 9.17) is 32.8 Å². The predicted molar refractivity (Wildman–Crippen MR) is 111 cm³/mol. The number of ether oxygens (including phenoxy) is 1. The molecule has 3 rings (SSSR count). The number of hydroxylamine groups is 1. The number of benzene rings is 2. The van der Waals surface area contributed by atoms with Gasteiger partial charge in [0.1, 0.15) is 0 Å². The average Bonchev–Trinajstić information content (AvgIpc) is 2.99. The summed E-state index contributed by atoms with van der Waals surface area (Å²) in [6, 6.07) is 8.17. The van der Waals surface area contributed by atoms with Gasteiger partial charge in [-0.1, -0.05) is 29.3 Å². The van der Waals surface area contributed by atoms with E-state index in [0.717, 1.165) is 12.1 Å². The zero-order chi connectivity index (χ0) is 22.3. The first-order chi connectivity index (χ1) is 14.0. The van der Waals surface area contributed by atoms with Gasteiger partial charge in [-0.15, -0.1) is 0 Å². The minimum Gasteiger partial charge on any atom is -0.462 e. The van der Waals surface area contributed by atoms with Crippen molar-refractivity contribution in [3.8, 4) is 0 Å². The Morgan fingerprint density at radius 2 is 1.83 bits per heavy atom. The van der Waals surface area contributed by atoms with Crippen LogP contribution in [0.3, 0.4) is 0 Å². The van der Waals surface area contributed by atoms with Crippen LogP contribution in [-0.4, -0.2) is 18.8 Å². The lowest BCUT2D eigenvalue weighted by Crippen LogP contribution is -2.44. The lowest BCUT2D eigenvalue weighted by Gasteiger charge is -2.30. The van der Waals surface area contributed by atoms with Crippen molar-refractivity contribution in [1.82, 2.24) is 5.48 Å². The van der Waals surface area contributed by atoms with Crippen LogP contribution in [0.25, 0.3) is 5.70 Å². The number of alkyl halides is 3. The SMILES string of the molecule is CCOC(=O)c1ccc(C2=C(Br)C(c3cc(Cl)cc(Cl)c3)(C(F)(F)F)ON2)cc1C. The molecule has 1 atom stereocenters. The van der Waals surface area contributed by atoms with E-state index in [1.807, 2.05) is 0 Å². The van der Waals surface area contributed by atoms with Gasteiger partial charge in [0.05, 0.1) is 22.3 Å². The van der Waals surface area contributed by atoms with Crippen LogP contribution < -0.4 is 5.48 Å². The highest BCUT2D eigenvalue weighted by Crippen LogP contribution is 2.54. The molecule has 30 heavy (non-hydrogen) atoms. The number of nitrogens with one attached hydrogen (secondary N) is 1. The molecule has 0 fully saturated rings. The molecule has 160 valence electrons. The number of carbonyl (C=O) groups excluding carboxylic acids is 1. The summed E-state index contributed by atoms with van der Waals surface area (Å²) < 4.78 is 47.5. The zero-order valence-electron chi connectivity index (χ0n) is 15.7. The number of carbonyl (C=O) groups is 1. The molecule has 0 spiro atoms. The molecule has 2 aromatic carbocycles. The van der Waals surface area contributed by atoms with E-state index < -0.39 is 17.7 Å². The number of esters is 1. The van der Waals surface area contributed by atoms with Gasteiger partial charge < -0.3 is 4.74 Å². The van der Waals surface area contributed by atoms with Crippen LogP contribution in [0, 0.1) is 6.92 Å². The summed E-state index contributed by atoms with van der Waals surface area (Å²) in [5, 5.41) is 0.0706. The molecule has 0 saturated heterocycles. The fourth-order valence-corrected chi connectivity index (χ4v) is 4.50. The Labute approximate surface area is 189 Å². The van der Waals surface area contributed by atoms with E-state index in [1.165, 1.54) is 18.2 Å². The third-order valence-electron chi connectivity index (χ3n) is 4.51. The van der Waals surface area contributed by atoms with E-state index in [2.05, 4.69) is 21.4 Å². The highest BCUT2D eigenvalue weighted by atomic mass is 79.9. The van der Waals surface area contributed by atoms with Gasteiger partial charge >= 0.3 is 12.1 Å². The van der Waals surface area contributed by atoms with Crippen molar-refractivity contribution in [2.75, 3.05) is 6.61 Å². The highest BCUT2D eigenvalue weighted by Gasteiger charge is 2.64. The molecule has 0 radical (unpaired) electrons. The first-order valence-corrected chi connectivity index (χ1v) is 10.2. The van der Waals surface area contributed by atoms with Gasteiger partial charge in [-0.3, -0.25) is 5.48 Å². The van der Waals surface area contributed by atoms with Crippen LogP contribution in [-0.2, 0) is 15.2 Å². The van der Waals surface area contributed by atoms with Gasteiger partial charge in [0.15, 0.2) is 0 Å². The molecule has 4 nitrogen and oxygen atoms in total. The van der Waals surface area contributed by atoms with E-state index in [1.54, 1.807) is 19.9 Å². The minimum absolute atomic E-state index is 0.0353. The van der Waals surface area contributed by atoms with Crippen LogP contribution in [0.15, 0.2) is 40.9 Å². The van der Waals surface area contributed by atoms with Crippen molar-refractivity contribution in [3.05, 3.63) is 73.2 Å². The summed E-state index contributed by atoms with van der Waals surface area (Å²) in [6.07, 6.45) is -4.85. The summed E-state index contributed by atoms with van der Waals surface area (Å²) in [5.74, 6) is -0.511. The van der Waals surface area contributed by atoms with Gasteiger partial charge in [-0.05, 0) is 65.7 Å². The number of aryl methyl sites for hydroxylation is 1. The third-order valence-corrected chi connectivity index (χ3v) is 5.90. The summed E-state index contributed by atoms with van der Waals surface area (Å²) in [5.41, 5.74) is 0.518. The summed E-state index contributed by atoms with van der Waals surface area (Å²) in [7, 11) is 0. The summed E-state index contributed by atoms with van der Waals surface area (Å²) in [4.78, 5) is 17.1. The van der Waals surface area contributed by atoms with Crippen molar-refractivity contribution >= 4 is 50.8 Å². The van der Waals surface area contributed by atoms with Crippen LogP contribution in [0.2, 0.25) is 10.0 Å². The Morgan fingerprint density at radius 3 is 2.37 bits per heavy atom. The van der Waals surface area contributed by atoms with Crippen molar-refractivity contribution in [1.29, 1.82) is 0 Å². The maximum absolute atomic E-state index is 14.3. The molecule has 10 heteroatoms. The van der Waals surface area contributed by atoms with Crippen LogP contribution >= 0.6 is 39.1 Å². The summed E-state index contributed by atoms with van der Waals surface area (Å²) >= 11 is 14.9. The van der Waals surface area contributed by atoms with Crippen LogP contribution in [0.5, 0.6) is 0 Å². The number of halogens is 6. The van der Waals surface area contributed by atoms with Gasteiger partial charge in [-0.2, -0.15) is 13.2 Å². The van der Waals surface area contributed by atoms with Crippen LogP contribution in [0.4, 0.5) is 13.2 Å². The maximum Gasteiger partial charge on any atom is 0.429 e. The van der Waals surface area contributed by atoms with Crippen molar-refractivity contribution < 1.29 is 27.5 Å².